The van der Waals surface area contributed by atoms with Crippen LogP contribution in [0, 0.1) is 0 Å². The first-order chi connectivity index (χ1) is 10.3. The van der Waals surface area contributed by atoms with Crippen molar-refractivity contribution in [3.63, 3.8) is 0 Å². The Morgan fingerprint density at radius 3 is 2.19 bits per heavy atom. The van der Waals surface area contributed by atoms with E-state index in [1.807, 2.05) is 48.5 Å². The van der Waals surface area contributed by atoms with E-state index in [1.54, 1.807) is 0 Å². The Bertz CT molecular complexity index is 487. The van der Waals surface area contributed by atoms with Gasteiger partial charge in [0.2, 0.25) is 0 Å². The van der Waals surface area contributed by atoms with Crippen LogP contribution in [-0.2, 0) is 17.9 Å². The smallest absolute Gasteiger partial charge is 0.0785 e. The first-order valence-electron chi connectivity index (χ1n) is 7.39. The minimum atomic E-state index is -0.419. The number of rotatable bonds is 9. The van der Waals surface area contributed by atoms with Gasteiger partial charge in [0.1, 0.15) is 0 Å². The molecule has 0 saturated heterocycles. The molecule has 0 radical (unpaired) electrons. The summed E-state index contributed by atoms with van der Waals surface area (Å²) in [5.41, 5.74) is 2.39. The van der Waals surface area contributed by atoms with Gasteiger partial charge in [-0.3, -0.25) is 0 Å². The third-order valence-electron chi connectivity index (χ3n) is 3.25. The number of aliphatic hydroxyl groups is 1. The third kappa shape index (κ3) is 6.54. The Kier molecular flexibility index (Phi) is 6.95. The van der Waals surface area contributed by atoms with E-state index in [-0.39, 0.29) is 0 Å². The Morgan fingerprint density at radius 2 is 1.52 bits per heavy atom. The molecule has 1 atom stereocenters. The predicted octanol–water partition coefficient (Wildman–Crippen LogP) is 2.74. The molecule has 0 aliphatic rings. The lowest BCUT2D eigenvalue weighted by Crippen LogP contribution is -2.23. The summed E-state index contributed by atoms with van der Waals surface area (Å²) in [7, 11) is 0. The van der Waals surface area contributed by atoms with E-state index in [9.17, 15) is 5.11 Å². The maximum Gasteiger partial charge on any atom is 0.0785 e. The second-order valence-electron chi connectivity index (χ2n) is 5.11. The van der Waals surface area contributed by atoms with Crippen LogP contribution in [0.1, 0.15) is 17.5 Å². The number of benzene rings is 2. The maximum atomic E-state index is 9.86. The molecule has 0 bridgehead atoms. The fourth-order valence-electron chi connectivity index (χ4n) is 2.07. The van der Waals surface area contributed by atoms with Gasteiger partial charge < -0.3 is 15.2 Å². The van der Waals surface area contributed by atoms with E-state index < -0.39 is 6.10 Å². The number of ether oxygens (including phenoxy) is 1. The summed E-state index contributed by atoms with van der Waals surface area (Å²) < 4.78 is 5.52. The summed E-state index contributed by atoms with van der Waals surface area (Å²) in [4.78, 5) is 0. The van der Waals surface area contributed by atoms with Crippen molar-refractivity contribution < 1.29 is 9.84 Å². The average molecular weight is 285 g/mol. The standard InChI is InChI=1S/C18H23NO2/c20-18(15-21-14-17-9-5-2-6-10-17)11-12-19-13-16-7-3-1-4-8-16/h1-10,18-20H,11-15H2. The van der Waals surface area contributed by atoms with Gasteiger partial charge in [0, 0.05) is 6.54 Å². The molecule has 2 aromatic rings. The van der Waals surface area contributed by atoms with Crippen molar-refractivity contribution in [2.24, 2.45) is 0 Å². The maximum absolute atomic E-state index is 9.86. The predicted molar refractivity (Wildman–Crippen MR) is 84.9 cm³/mol. The molecule has 0 fully saturated rings. The second kappa shape index (κ2) is 9.29. The molecule has 0 aliphatic heterocycles. The molecule has 1 unspecified atom stereocenters. The van der Waals surface area contributed by atoms with Crippen LogP contribution >= 0.6 is 0 Å². The van der Waals surface area contributed by atoms with Crippen LogP contribution in [0.25, 0.3) is 0 Å². The van der Waals surface area contributed by atoms with Crippen LogP contribution < -0.4 is 5.32 Å². The van der Waals surface area contributed by atoms with E-state index >= 15 is 0 Å². The van der Waals surface area contributed by atoms with E-state index in [0.717, 1.165) is 18.7 Å². The number of aliphatic hydroxyl groups excluding tert-OH is 1. The van der Waals surface area contributed by atoms with Crippen molar-refractivity contribution in [3.05, 3.63) is 71.8 Å². The summed E-state index contributed by atoms with van der Waals surface area (Å²) in [5.74, 6) is 0. The highest BCUT2D eigenvalue weighted by molar-refractivity contribution is 5.14. The van der Waals surface area contributed by atoms with Crippen LogP contribution in [0.4, 0.5) is 0 Å². The average Bonchev–Trinajstić information content (AvgIpc) is 2.54. The monoisotopic (exact) mass is 285 g/mol. The Morgan fingerprint density at radius 1 is 0.905 bits per heavy atom. The van der Waals surface area contributed by atoms with Gasteiger partial charge in [-0.25, -0.2) is 0 Å². The van der Waals surface area contributed by atoms with Crippen LogP contribution in [0.15, 0.2) is 60.7 Å². The van der Waals surface area contributed by atoms with E-state index in [2.05, 4.69) is 17.4 Å². The number of nitrogens with one attached hydrogen (secondary N) is 1. The molecule has 2 aromatic carbocycles. The molecular weight excluding hydrogens is 262 g/mol. The minimum Gasteiger partial charge on any atom is -0.391 e. The molecule has 0 spiro atoms. The van der Waals surface area contributed by atoms with Gasteiger partial charge in [0.05, 0.1) is 19.3 Å². The molecule has 2 rings (SSSR count). The first-order valence-corrected chi connectivity index (χ1v) is 7.39. The van der Waals surface area contributed by atoms with Gasteiger partial charge in [-0.05, 0) is 24.1 Å². The van der Waals surface area contributed by atoms with Crippen LogP contribution in [-0.4, -0.2) is 24.4 Å². The van der Waals surface area contributed by atoms with Crippen molar-refractivity contribution in [2.45, 2.75) is 25.7 Å². The van der Waals surface area contributed by atoms with Crippen LogP contribution in [0.5, 0.6) is 0 Å². The number of hydrogen-bond acceptors (Lipinski definition) is 3. The lowest BCUT2D eigenvalue weighted by molar-refractivity contribution is 0.0247. The SMILES string of the molecule is OC(CCNCc1ccccc1)COCc1ccccc1. The summed E-state index contributed by atoms with van der Waals surface area (Å²) in [6, 6.07) is 20.3. The summed E-state index contributed by atoms with van der Waals surface area (Å²) in [6.07, 6.45) is 0.277. The van der Waals surface area contributed by atoms with Gasteiger partial charge in [-0.2, -0.15) is 0 Å². The van der Waals surface area contributed by atoms with Crippen molar-refractivity contribution in [3.8, 4) is 0 Å². The fraction of sp³-hybridized carbons (Fsp3) is 0.333. The highest BCUT2D eigenvalue weighted by Gasteiger charge is 2.04. The van der Waals surface area contributed by atoms with Crippen molar-refractivity contribution in [2.75, 3.05) is 13.2 Å². The lowest BCUT2D eigenvalue weighted by atomic mass is 10.2. The number of hydrogen-bond donors (Lipinski definition) is 2. The zero-order valence-corrected chi connectivity index (χ0v) is 12.2. The lowest BCUT2D eigenvalue weighted by Gasteiger charge is -2.12. The summed E-state index contributed by atoms with van der Waals surface area (Å²) in [5, 5.41) is 13.2. The van der Waals surface area contributed by atoms with Crippen molar-refractivity contribution >= 4 is 0 Å². The zero-order valence-electron chi connectivity index (χ0n) is 12.2. The molecule has 2 N–H and O–H groups in total. The second-order valence-corrected chi connectivity index (χ2v) is 5.11. The highest BCUT2D eigenvalue weighted by atomic mass is 16.5. The molecule has 0 aliphatic carbocycles. The molecule has 0 saturated carbocycles. The summed E-state index contributed by atoms with van der Waals surface area (Å²) in [6.45, 7) is 2.54. The van der Waals surface area contributed by atoms with E-state index in [1.165, 1.54) is 5.56 Å². The van der Waals surface area contributed by atoms with Crippen molar-refractivity contribution in [1.82, 2.24) is 5.32 Å². The fourth-order valence-corrected chi connectivity index (χ4v) is 2.07. The van der Waals surface area contributed by atoms with Gasteiger partial charge >= 0.3 is 0 Å². The molecule has 112 valence electrons. The molecule has 3 nitrogen and oxygen atoms in total. The quantitative estimate of drug-likeness (QED) is 0.696. The molecule has 0 aromatic heterocycles. The van der Waals surface area contributed by atoms with E-state index in [0.29, 0.717) is 19.6 Å². The molecule has 0 heterocycles. The largest absolute Gasteiger partial charge is 0.391 e. The highest BCUT2D eigenvalue weighted by Crippen LogP contribution is 2.02. The minimum absolute atomic E-state index is 0.377. The Labute approximate surface area is 126 Å². The summed E-state index contributed by atoms with van der Waals surface area (Å²) >= 11 is 0. The Balaban J connectivity index is 1.52. The normalized spacial score (nSPS) is 12.2. The van der Waals surface area contributed by atoms with Crippen LogP contribution in [0.2, 0.25) is 0 Å². The Hall–Kier alpha value is -1.68. The molecular formula is C18H23NO2. The third-order valence-corrected chi connectivity index (χ3v) is 3.25. The van der Waals surface area contributed by atoms with Gasteiger partial charge in [-0.1, -0.05) is 60.7 Å². The molecule has 0 amide bonds. The van der Waals surface area contributed by atoms with Crippen LogP contribution in [0.3, 0.4) is 0 Å². The molecule has 21 heavy (non-hydrogen) atoms. The van der Waals surface area contributed by atoms with Gasteiger partial charge in [-0.15, -0.1) is 0 Å². The first kappa shape index (κ1) is 15.7. The van der Waals surface area contributed by atoms with Crippen molar-refractivity contribution in [1.29, 1.82) is 0 Å². The van der Waals surface area contributed by atoms with Gasteiger partial charge in [0.25, 0.3) is 0 Å². The van der Waals surface area contributed by atoms with Gasteiger partial charge in [0.15, 0.2) is 0 Å². The zero-order chi connectivity index (χ0) is 14.8. The molecule has 3 heteroatoms. The topological polar surface area (TPSA) is 41.5 Å². The van der Waals surface area contributed by atoms with E-state index in [4.69, 9.17) is 4.74 Å².